The lowest BCUT2D eigenvalue weighted by atomic mass is 9.98. The van der Waals surface area contributed by atoms with Crippen LogP contribution in [0.4, 0.5) is 4.79 Å². The number of hydrogen-bond donors (Lipinski definition) is 0. The molecule has 158 valence electrons. The fourth-order valence-corrected chi connectivity index (χ4v) is 4.60. The van der Waals surface area contributed by atoms with E-state index in [1.54, 1.807) is 16.2 Å². The van der Waals surface area contributed by atoms with E-state index < -0.39 is 5.60 Å². The molecule has 5 nitrogen and oxygen atoms in total. The molecule has 0 radical (unpaired) electrons. The molecule has 0 saturated heterocycles. The van der Waals surface area contributed by atoms with E-state index in [1.165, 1.54) is 4.70 Å². The predicted molar refractivity (Wildman–Crippen MR) is 121 cm³/mol. The monoisotopic (exact) mass is 415 g/mol. The maximum Gasteiger partial charge on any atom is 0.414 e. The number of ether oxygens (including phenoxy) is 1. The van der Waals surface area contributed by atoms with Gasteiger partial charge in [-0.25, -0.2) is 9.78 Å². The average Bonchev–Trinajstić information content (AvgIpc) is 3.03. The molecule has 1 amide bonds. The quantitative estimate of drug-likeness (QED) is 0.654. The lowest BCUT2D eigenvalue weighted by molar-refractivity contribution is 0.0327. The number of benzene rings is 1. The van der Waals surface area contributed by atoms with Gasteiger partial charge in [0.2, 0.25) is 0 Å². The van der Waals surface area contributed by atoms with Crippen LogP contribution in [0, 0.1) is 5.92 Å². The summed E-state index contributed by atoms with van der Waals surface area (Å²) in [5.74, 6) is 0.798. The van der Waals surface area contributed by atoms with E-state index in [1.807, 2.05) is 20.8 Å². The van der Waals surface area contributed by atoms with Crippen LogP contribution in [0.3, 0.4) is 0 Å². The lowest BCUT2D eigenvalue weighted by Crippen LogP contribution is -2.39. The zero-order valence-corrected chi connectivity index (χ0v) is 19.5. The summed E-state index contributed by atoms with van der Waals surface area (Å²) in [5, 5.41) is 1.15. The van der Waals surface area contributed by atoms with Gasteiger partial charge in [0.15, 0.2) is 0 Å². The van der Waals surface area contributed by atoms with Gasteiger partial charge in [0.05, 0.1) is 20.9 Å². The molecule has 29 heavy (non-hydrogen) atoms. The highest BCUT2D eigenvalue weighted by Gasteiger charge is 2.29. The molecule has 1 aromatic heterocycles. The SMILES string of the molecule is CC(CN(C)C)c1nc2cc(C3=CC[C@H](C)CN3C(=O)OC(C)(C)C)ccc2s1. The van der Waals surface area contributed by atoms with Crippen LogP contribution in [0.2, 0.25) is 0 Å². The number of allylic oxidation sites excluding steroid dienone is 1. The van der Waals surface area contributed by atoms with E-state index in [-0.39, 0.29) is 6.09 Å². The number of carbonyl (C=O) groups excluding carboxylic acids is 1. The number of aromatic nitrogens is 1. The predicted octanol–water partition coefficient (Wildman–Crippen LogP) is 5.58. The number of nitrogens with zero attached hydrogens (tertiary/aromatic N) is 3. The van der Waals surface area contributed by atoms with Gasteiger partial charge in [0, 0.05) is 24.6 Å². The van der Waals surface area contributed by atoms with Crippen molar-refractivity contribution >= 4 is 33.3 Å². The third-order valence-corrected chi connectivity index (χ3v) is 6.14. The van der Waals surface area contributed by atoms with Gasteiger partial charge < -0.3 is 9.64 Å². The van der Waals surface area contributed by atoms with Gasteiger partial charge >= 0.3 is 6.09 Å². The number of carbonyl (C=O) groups is 1. The van der Waals surface area contributed by atoms with Gasteiger partial charge in [0.25, 0.3) is 0 Å². The van der Waals surface area contributed by atoms with Crippen molar-refractivity contribution in [3.05, 3.63) is 34.8 Å². The van der Waals surface area contributed by atoms with Crippen molar-refractivity contribution in [3.8, 4) is 0 Å². The highest BCUT2D eigenvalue weighted by Crippen LogP contribution is 2.33. The zero-order chi connectivity index (χ0) is 21.3. The van der Waals surface area contributed by atoms with Crippen molar-refractivity contribution in [3.63, 3.8) is 0 Å². The van der Waals surface area contributed by atoms with Gasteiger partial charge in [-0.1, -0.05) is 26.0 Å². The van der Waals surface area contributed by atoms with Crippen molar-refractivity contribution in [1.29, 1.82) is 0 Å². The fourth-order valence-electron chi connectivity index (χ4n) is 3.61. The third-order valence-electron chi connectivity index (χ3n) is 4.87. The number of rotatable bonds is 4. The van der Waals surface area contributed by atoms with Crippen molar-refractivity contribution in [2.45, 2.75) is 52.6 Å². The molecule has 2 aromatic rings. The first-order chi connectivity index (χ1) is 13.5. The maximum atomic E-state index is 12.8. The Kier molecular flexibility index (Phi) is 6.34. The molecular formula is C23H33N3O2S. The Bertz CT molecular complexity index is 910. The van der Waals surface area contributed by atoms with Gasteiger partial charge in [0.1, 0.15) is 5.60 Å². The minimum Gasteiger partial charge on any atom is -0.443 e. The van der Waals surface area contributed by atoms with Gasteiger partial charge in [-0.05, 0) is 59.3 Å². The van der Waals surface area contributed by atoms with Crippen molar-refractivity contribution in [2.24, 2.45) is 5.92 Å². The number of amides is 1. The lowest BCUT2D eigenvalue weighted by Gasteiger charge is -2.33. The van der Waals surface area contributed by atoms with E-state index in [9.17, 15) is 4.79 Å². The molecule has 0 saturated carbocycles. The molecule has 0 aliphatic carbocycles. The Balaban J connectivity index is 1.91. The van der Waals surface area contributed by atoms with Gasteiger partial charge in [-0.3, -0.25) is 4.90 Å². The van der Waals surface area contributed by atoms with Crippen molar-refractivity contribution < 1.29 is 9.53 Å². The number of fused-ring (bicyclic) bond motifs is 1. The van der Waals surface area contributed by atoms with E-state index in [2.05, 4.69) is 57.1 Å². The van der Waals surface area contributed by atoms with Crippen LogP contribution in [-0.4, -0.2) is 53.7 Å². The summed E-state index contributed by atoms with van der Waals surface area (Å²) < 4.78 is 6.85. The second-order valence-corrected chi connectivity index (χ2v) is 10.5. The highest BCUT2D eigenvalue weighted by molar-refractivity contribution is 7.18. The van der Waals surface area contributed by atoms with E-state index >= 15 is 0 Å². The van der Waals surface area contributed by atoms with E-state index in [4.69, 9.17) is 9.72 Å². The normalized spacial score (nSPS) is 18.8. The second-order valence-electron chi connectivity index (χ2n) is 9.42. The van der Waals surface area contributed by atoms with Crippen molar-refractivity contribution in [2.75, 3.05) is 27.2 Å². The van der Waals surface area contributed by atoms with Crippen LogP contribution in [0.5, 0.6) is 0 Å². The molecule has 1 aliphatic rings. The van der Waals surface area contributed by atoms with E-state index in [0.717, 1.165) is 34.8 Å². The van der Waals surface area contributed by atoms with Crippen LogP contribution in [0.1, 0.15) is 57.5 Å². The number of hydrogen-bond acceptors (Lipinski definition) is 5. The maximum absolute atomic E-state index is 12.8. The first-order valence-corrected chi connectivity index (χ1v) is 11.1. The topological polar surface area (TPSA) is 45.7 Å². The molecule has 0 bridgehead atoms. The Morgan fingerprint density at radius 1 is 1.38 bits per heavy atom. The number of thiazole rings is 1. The van der Waals surface area contributed by atoms with Crippen LogP contribution in [0.25, 0.3) is 15.9 Å². The van der Waals surface area contributed by atoms with Crippen LogP contribution >= 0.6 is 11.3 Å². The summed E-state index contributed by atoms with van der Waals surface area (Å²) in [6.45, 7) is 11.7. The first-order valence-electron chi connectivity index (χ1n) is 10.3. The van der Waals surface area contributed by atoms with Gasteiger partial charge in [-0.2, -0.15) is 0 Å². The third kappa shape index (κ3) is 5.37. The fraction of sp³-hybridized carbons (Fsp3) is 0.565. The standard InChI is InChI=1S/C23H33N3O2S/c1-15-8-10-19(26(13-15)22(27)28-23(3,4)5)17-9-11-20-18(12-17)24-21(29-20)16(2)14-25(6)7/h9-12,15-16H,8,13-14H2,1-7H3/t15-,16?/m0/s1. The molecule has 6 heteroatoms. The largest absolute Gasteiger partial charge is 0.443 e. The first kappa shape index (κ1) is 21.8. The second kappa shape index (κ2) is 8.44. The van der Waals surface area contributed by atoms with E-state index in [0.29, 0.717) is 18.4 Å². The summed E-state index contributed by atoms with van der Waals surface area (Å²) in [6.07, 6.45) is 2.82. The minimum absolute atomic E-state index is 0.283. The van der Waals surface area contributed by atoms with Crippen molar-refractivity contribution in [1.82, 2.24) is 14.8 Å². The molecule has 3 rings (SSSR count). The average molecular weight is 416 g/mol. The van der Waals surface area contributed by atoms with Crippen LogP contribution in [-0.2, 0) is 4.74 Å². The minimum atomic E-state index is -0.515. The summed E-state index contributed by atoms with van der Waals surface area (Å²) in [5.41, 5.74) is 2.43. The van der Waals surface area contributed by atoms with Crippen LogP contribution in [0.15, 0.2) is 24.3 Å². The molecule has 2 atom stereocenters. The summed E-state index contributed by atoms with van der Waals surface area (Å²) in [7, 11) is 4.17. The number of likely N-dealkylation sites (N-methyl/N-ethyl adjacent to an activating group) is 1. The Hall–Kier alpha value is -1.92. The summed E-state index contributed by atoms with van der Waals surface area (Å²) >= 11 is 1.76. The molecule has 0 N–H and O–H groups in total. The zero-order valence-electron chi connectivity index (χ0n) is 18.7. The molecule has 2 heterocycles. The highest BCUT2D eigenvalue weighted by atomic mass is 32.1. The Morgan fingerprint density at radius 3 is 2.76 bits per heavy atom. The summed E-state index contributed by atoms with van der Waals surface area (Å²) in [6, 6.07) is 6.33. The molecule has 1 aliphatic heterocycles. The Morgan fingerprint density at radius 2 is 2.10 bits per heavy atom. The van der Waals surface area contributed by atoms with Crippen LogP contribution < -0.4 is 0 Å². The molecule has 0 fully saturated rings. The Labute approximate surface area is 178 Å². The smallest absolute Gasteiger partial charge is 0.414 e. The van der Waals surface area contributed by atoms with Gasteiger partial charge in [-0.15, -0.1) is 11.3 Å². The molecule has 1 unspecified atom stereocenters. The molecular weight excluding hydrogens is 382 g/mol. The molecule has 0 spiro atoms. The molecule has 1 aromatic carbocycles. The summed E-state index contributed by atoms with van der Waals surface area (Å²) in [4.78, 5) is 21.7.